The maximum absolute atomic E-state index is 13.7. The summed E-state index contributed by atoms with van der Waals surface area (Å²) in [7, 11) is -1.17. The summed E-state index contributed by atoms with van der Waals surface area (Å²) in [4.78, 5) is 12.3. The molecule has 124 valence electrons. The van der Waals surface area contributed by atoms with Crippen molar-refractivity contribution in [3.05, 3.63) is 47.2 Å². The molecule has 2 rings (SSSR count). The number of halogens is 1. The zero-order valence-corrected chi connectivity index (χ0v) is 14.0. The summed E-state index contributed by atoms with van der Waals surface area (Å²) in [5, 5.41) is 2.38. The Morgan fingerprint density at radius 3 is 2.35 bits per heavy atom. The highest BCUT2D eigenvalue weighted by atomic mass is 32.2. The fourth-order valence-corrected chi connectivity index (χ4v) is 3.43. The van der Waals surface area contributed by atoms with Crippen molar-refractivity contribution in [3.63, 3.8) is 0 Å². The van der Waals surface area contributed by atoms with Crippen LogP contribution in [0.4, 0.5) is 10.1 Å². The number of hydrogen-bond acceptors (Lipinski definition) is 4. The molecule has 1 heterocycles. The molecule has 0 aliphatic carbocycles. The normalized spacial score (nSPS) is 11.7. The molecule has 0 atom stereocenters. The van der Waals surface area contributed by atoms with Gasteiger partial charge in [-0.2, -0.15) is 0 Å². The number of para-hydroxylation sites is 1. The molecule has 0 aliphatic rings. The van der Waals surface area contributed by atoms with Gasteiger partial charge in [0.25, 0.3) is 5.91 Å². The van der Waals surface area contributed by atoms with E-state index in [-0.39, 0.29) is 27.7 Å². The fourth-order valence-electron chi connectivity index (χ4n) is 2.17. The number of hydrogen-bond donors (Lipinski definition) is 1. The molecule has 1 aromatic carbocycles. The van der Waals surface area contributed by atoms with E-state index in [1.165, 1.54) is 46.1 Å². The molecular formula is C15H17FN2O4S. The number of carbonyl (C=O) groups is 1. The number of carbonyl (C=O) groups excluding carboxylic acids is 1. The van der Waals surface area contributed by atoms with Gasteiger partial charge in [-0.3, -0.25) is 4.79 Å². The number of furan rings is 1. The number of nitrogens with zero attached hydrogens (tertiary/aromatic N) is 1. The summed E-state index contributed by atoms with van der Waals surface area (Å²) >= 11 is 0. The zero-order chi connectivity index (χ0) is 17.4. The molecule has 0 saturated carbocycles. The van der Waals surface area contributed by atoms with Gasteiger partial charge in [0.15, 0.2) is 0 Å². The lowest BCUT2D eigenvalue weighted by Gasteiger charge is -2.12. The van der Waals surface area contributed by atoms with Gasteiger partial charge in [0, 0.05) is 14.1 Å². The van der Waals surface area contributed by atoms with E-state index >= 15 is 0 Å². The summed E-state index contributed by atoms with van der Waals surface area (Å²) < 4.78 is 44.8. The number of sulfonamides is 1. The van der Waals surface area contributed by atoms with Gasteiger partial charge in [-0.05, 0) is 26.0 Å². The van der Waals surface area contributed by atoms with Crippen LogP contribution in [-0.2, 0) is 10.0 Å². The van der Waals surface area contributed by atoms with Gasteiger partial charge in [0.05, 0.1) is 5.69 Å². The first-order valence-corrected chi connectivity index (χ1v) is 8.18. The van der Waals surface area contributed by atoms with Crippen LogP contribution >= 0.6 is 0 Å². The molecule has 1 aromatic heterocycles. The first kappa shape index (κ1) is 17.2. The average Bonchev–Trinajstić information content (AvgIpc) is 2.76. The van der Waals surface area contributed by atoms with Gasteiger partial charge in [0.1, 0.15) is 27.8 Å². The first-order valence-electron chi connectivity index (χ1n) is 6.74. The minimum atomic E-state index is -3.88. The molecule has 6 nitrogen and oxygen atoms in total. The molecular weight excluding hydrogens is 323 g/mol. The third-order valence-electron chi connectivity index (χ3n) is 3.29. The van der Waals surface area contributed by atoms with E-state index in [4.69, 9.17) is 4.42 Å². The van der Waals surface area contributed by atoms with Gasteiger partial charge in [-0.15, -0.1) is 0 Å². The van der Waals surface area contributed by atoms with E-state index in [2.05, 4.69) is 5.32 Å². The highest BCUT2D eigenvalue weighted by Gasteiger charge is 2.32. The number of benzene rings is 1. The number of anilines is 1. The molecule has 0 radical (unpaired) electrons. The largest absolute Gasteiger partial charge is 0.464 e. The number of nitrogens with one attached hydrogen (secondary N) is 1. The summed E-state index contributed by atoms with van der Waals surface area (Å²) in [6.45, 7) is 2.95. The summed E-state index contributed by atoms with van der Waals surface area (Å²) in [6.07, 6.45) is 0. The van der Waals surface area contributed by atoms with Crippen molar-refractivity contribution >= 4 is 21.6 Å². The molecule has 23 heavy (non-hydrogen) atoms. The second-order valence-corrected chi connectivity index (χ2v) is 7.23. The van der Waals surface area contributed by atoms with Crippen LogP contribution in [-0.4, -0.2) is 32.7 Å². The highest BCUT2D eigenvalue weighted by molar-refractivity contribution is 7.89. The van der Waals surface area contributed by atoms with Crippen molar-refractivity contribution in [2.75, 3.05) is 19.4 Å². The van der Waals surface area contributed by atoms with Crippen molar-refractivity contribution in [3.8, 4) is 0 Å². The van der Waals surface area contributed by atoms with E-state index in [9.17, 15) is 17.6 Å². The average molecular weight is 340 g/mol. The Morgan fingerprint density at radius 2 is 1.78 bits per heavy atom. The maximum atomic E-state index is 13.7. The standard InChI is InChI=1S/C15H17FN2O4S/c1-9-13(14(10(2)22-9)23(20,21)18(3)4)15(19)17-12-8-6-5-7-11(12)16/h5-8H,1-4H3,(H,17,19). The fraction of sp³-hybridized carbons (Fsp3) is 0.267. The third-order valence-corrected chi connectivity index (χ3v) is 5.26. The van der Waals surface area contributed by atoms with Gasteiger partial charge in [0.2, 0.25) is 10.0 Å². The lowest BCUT2D eigenvalue weighted by molar-refractivity contribution is 0.102. The minimum absolute atomic E-state index is 0.0380. The Hall–Kier alpha value is -2.19. The van der Waals surface area contributed by atoms with Gasteiger partial charge < -0.3 is 9.73 Å². The van der Waals surface area contributed by atoms with E-state index in [1.807, 2.05) is 0 Å². The monoisotopic (exact) mass is 340 g/mol. The predicted octanol–water partition coefficient (Wildman–Crippen LogP) is 2.54. The topological polar surface area (TPSA) is 79.6 Å². The van der Waals surface area contributed by atoms with Crippen LogP contribution < -0.4 is 5.32 Å². The smallest absolute Gasteiger partial charge is 0.260 e. The minimum Gasteiger partial charge on any atom is -0.464 e. The van der Waals surface area contributed by atoms with Crippen molar-refractivity contribution in [1.29, 1.82) is 0 Å². The Morgan fingerprint density at radius 1 is 1.17 bits per heavy atom. The van der Waals surface area contributed by atoms with Crippen LogP contribution in [0.25, 0.3) is 0 Å². The van der Waals surface area contributed by atoms with Gasteiger partial charge >= 0.3 is 0 Å². The van der Waals surface area contributed by atoms with Crippen LogP contribution in [0.3, 0.4) is 0 Å². The number of aryl methyl sites for hydroxylation is 2. The van der Waals surface area contributed by atoms with E-state index in [1.54, 1.807) is 6.07 Å². The van der Waals surface area contributed by atoms with Gasteiger partial charge in [-0.1, -0.05) is 12.1 Å². The lowest BCUT2D eigenvalue weighted by Crippen LogP contribution is -2.25. The molecule has 0 aliphatic heterocycles. The van der Waals surface area contributed by atoms with Gasteiger partial charge in [-0.25, -0.2) is 17.1 Å². The molecule has 1 amide bonds. The third kappa shape index (κ3) is 3.13. The van der Waals surface area contributed by atoms with E-state index < -0.39 is 21.7 Å². The summed E-state index contributed by atoms with van der Waals surface area (Å²) in [6, 6.07) is 5.63. The molecule has 0 bridgehead atoms. The number of amides is 1. The molecule has 0 saturated heterocycles. The van der Waals surface area contributed by atoms with E-state index in [0.717, 1.165) is 4.31 Å². The first-order chi connectivity index (χ1) is 10.7. The van der Waals surface area contributed by atoms with Crippen LogP contribution in [0.1, 0.15) is 21.9 Å². The molecule has 8 heteroatoms. The Bertz CT molecular complexity index is 856. The molecule has 2 aromatic rings. The SMILES string of the molecule is Cc1oc(C)c(S(=O)(=O)N(C)C)c1C(=O)Nc1ccccc1F. The van der Waals surface area contributed by atoms with Crippen molar-refractivity contribution in [2.45, 2.75) is 18.7 Å². The van der Waals surface area contributed by atoms with Crippen LogP contribution in [0, 0.1) is 19.7 Å². The molecule has 0 spiro atoms. The Balaban J connectivity index is 2.52. The maximum Gasteiger partial charge on any atom is 0.260 e. The second-order valence-electron chi connectivity index (χ2n) is 5.14. The van der Waals surface area contributed by atoms with Crippen LogP contribution in [0.2, 0.25) is 0 Å². The van der Waals surface area contributed by atoms with Crippen LogP contribution in [0.15, 0.2) is 33.6 Å². The second kappa shape index (κ2) is 6.13. The lowest BCUT2D eigenvalue weighted by atomic mass is 10.2. The van der Waals surface area contributed by atoms with E-state index in [0.29, 0.717) is 0 Å². The molecule has 0 unspecified atom stereocenters. The predicted molar refractivity (Wildman–Crippen MR) is 83.4 cm³/mol. The van der Waals surface area contributed by atoms with Crippen LogP contribution in [0.5, 0.6) is 0 Å². The summed E-state index contributed by atoms with van der Waals surface area (Å²) in [5.74, 6) is -1.10. The van der Waals surface area contributed by atoms with Crippen molar-refractivity contribution in [2.24, 2.45) is 0 Å². The Kier molecular flexibility index (Phi) is 4.58. The molecule has 1 N–H and O–H groups in total. The van der Waals surface area contributed by atoms with Crippen molar-refractivity contribution in [1.82, 2.24) is 4.31 Å². The zero-order valence-electron chi connectivity index (χ0n) is 13.2. The summed E-state index contributed by atoms with van der Waals surface area (Å²) in [5.41, 5.74) is -0.164. The van der Waals surface area contributed by atoms with Crippen molar-refractivity contribution < 1.29 is 22.0 Å². The number of rotatable bonds is 4. The quantitative estimate of drug-likeness (QED) is 0.927. The Labute approximate surface area is 134 Å². The highest BCUT2D eigenvalue weighted by Crippen LogP contribution is 2.29. The molecule has 0 fully saturated rings.